The smallest absolute Gasteiger partial charge is 0.296 e. The normalized spacial score (nSPS) is 14.0. The van der Waals surface area contributed by atoms with Gasteiger partial charge in [0.15, 0.2) is 0 Å². The lowest BCUT2D eigenvalue weighted by molar-refractivity contribution is -0.112. The summed E-state index contributed by atoms with van der Waals surface area (Å²) in [6.45, 7) is -1.73. The van der Waals surface area contributed by atoms with Gasteiger partial charge in [-0.2, -0.15) is 0 Å². The van der Waals surface area contributed by atoms with Crippen LogP contribution in [0, 0.1) is 0 Å². The number of carbonyl (C=O) groups is 2. The van der Waals surface area contributed by atoms with E-state index in [1.165, 1.54) is 12.1 Å². The van der Waals surface area contributed by atoms with Crippen LogP contribution in [0.4, 0.5) is 14.5 Å². The molecule has 1 aromatic rings. The van der Waals surface area contributed by atoms with Crippen LogP contribution in [0.3, 0.4) is 0 Å². The molecule has 0 aliphatic carbocycles. The highest BCUT2D eigenvalue weighted by atomic mass is 19.1. The van der Waals surface area contributed by atoms with E-state index in [1.807, 2.05) is 0 Å². The molecule has 0 saturated carbocycles. The summed E-state index contributed by atoms with van der Waals surface area (Å²) in [6, 6.07) is 2.66. The molecule has 0 radical (unpaired) electrons. The second kappa shape index (κ2) is 3.42. The van der Waals surface area contributed by atoms with E-state index in [2.05, 4.69) is 5.32 Å². The molecule has 5 heteroatoms. The molecular formula is C10H7F2NO2. The van der Waals surface area contributed by atoms with Crippen molar-refractivity contribution < 1.29 is 18.4 Å². The summed E-state index contributed by atoms with van der Waals surface area (Å²) in [5, 5.41) is 2.25. The second-order valence-electron chi connectivity index (χ2n) is 3.18. The molecule has 1 aliphatic heterocycles. The predicted molar refractivity (Wildman–Crippen MR) is 49.0 cm³/mol. The first-order valence-corrected chi connectivity index (χ1v) is 4.31. The van der Waals surface area contributed by atoms with Gasteiger partial charge in [-0.3, -0.25) is 9.59 Å². The number of hydrogen-bond donors (Lipinski definition) is 1. The zero-order chi connectivity index (χ0) is 11.0. The molecule has 15 heavy (non-hydrogen) atoms. The van der Waals surface area contributed by atoms with Crippen LogP contribution in [0.15, 0.2) is 12.1 Å². The number of alkyl halides is 2. The van der Waals surface area contributed by atoms with Gasteiger partial charge in [-0.1, -0.05) is 6.07 Å². The van der Waals surface area contributed by atoms with Crippen molar-refractivity contribution >= 4 is 17.4 Å². The van der Waals surface area contributed by atoms with Gasteiger partial charge in [-0.15, -0.1) is 0 Å². The number of hydrogen-bond acceptors (Lipinski definition) is 2. The van der Waals surface area contributed by atoms with Crippen molar-refractivity contribution in [1.82, 2.24) is 0 Å². The number of benzene rings is 1. The molecular weight excluding hydrogens is 204 g/mol. The first kappa shape index (κ1) is 9.76. The van der Waals surface area contributed by atoms with Crippen LogP contribution in [-0.4, -0.2) is 11.7 Å². The molecule has 0 atom stereocenters. The van der Waals surface area contributed by atoms with Gasteiger partial charge < -0.3 is 5.32 Å². The van der Waals surface area contributed by atoms with Crippen LogP contribution >= 0.6 is 0 Å². The van der Waals surface area contributed by atoms with Crippen LogP contribution in [-0.2, 0) is 18.1 Å². The summed E-state index contributed by atoms with van der Waals surface area (Å²) in [7, 11) is 0. The second-order valence-corrected chi connectivity index (χ2v) is 3.18. The molecule has 2 rings (SSSR count). The van der Waals surface area contributed by atoms with Crippen molar-refractivity contribution in [3.05, 3.63) is 28.8 Å². The number of amides is 1. The fourth-order valence-electron chi connectivity index (χ4n) is 1.59. The Labute approximate surface area is 84.1 Å². The Morgan fingerprint density at radius 3 is 2.47 bits per heavy atom. The molecule has 78 valence electrons. The number of rotatable bonds is 2. The average molecular weight is 211 g/mol. The van der Waals surface area contributed by atoms with Crippen LogP contribution in [0.25, 0.3) is 0 Å². The number of anilines is 1. The topological polar surface area (TPSA) is 46.2 Å². The minimum atomic E-state index is -0.907. The van der Waals surface area contributed by atoms with E-state index in [1.54, 1.807) is 0 Å². The molecule has 3 nitrogen and oxygen atoms in total. The van der Waals surface area contributed by atoms with Crippen LogP contribution < -0.4 is 5.32 Å². The summed E-state index contributed by atoms with van der Waals surface area (Å²) in [5.74, 6) is -1.50. The Balaban J connectivity index is 2.64. The third kappa shape index (κ3) is 1.31. The third-order valence-corrected chi connectivity index (χ3v) is 2.38. The van der Waals surface area contributed by atoms with Gasteiger partial charge in [-0.05, 0) is 11.6 Å². The summed E-state index contributed by atoms with van der Waals surface area (Å²) >= 11 is 0. The van der Waals surface area contributed by atoms with Crippen LogP contribution in [0.2, 0.25) is 0 Å². The number of nitrogens with one attached hydrogen (secondary N) is 1. The predicted octanol–water partition coefficient (Wildman–Crippen LogP) is 1.76. The lowest BCUT2D eigenvalue weighted by atomic mass is 10.0. The maximum atomic E-state index is 12.7. The Morgan fingerprint density at radius 1 is 1.13 bits per heavy atom. The monoisotopic (exact) mass is 211 g/mol. The number of carbonyl (C=O) groups excluding carboxylic acids is 2. The van der Waals surface area contributed by atoms with Crippen molar-refractivity contribution in [2.24, 2.45) is 0 Å². The van der Waals surface area contributed by atoms with Crippen molar-refractivity contribution in [2.75, 3.05) is 5.32 Å². The minimum absolute atomic E-state index is 0.0502. The largest absolute Gasteiger partial charge is 0.318 e. The minimum Gasteiger partial charge on any atom is -0.318 e. The lowest BCUT2D eigenvalue weighted by Crippen LogP contribution is -2.12. The summed E-state index contributed by atoms with van der Waals surface area (Å²) in [5.41, 5.74) is 0.438. The highest BCUT2D eigenvalue weighted by Crippen LogP contribution is 2.31. The number of halogens is 2. The Morgan fingerprint density at radius 2 is 1.87 bits per heavy atom. The summed E-state index contributed by atoms with van der Waals surface area (Å²) in [6.07, 6.45) is 0. The number of ketones is 1. The number of fused-ring (bicyclic) bond motifs is 1. The summed E-state index contributed by atoms with van der Waals surface area (Å²) in [4.78, 5) is 22.3. The van der Waals surface area contributed by atoms with Gasteiger partial charge in [0.2, 0.25) is 0 Å². The van der Waals surface area contributed by atoms with Crippen molar-refractivity contribution in [3.63, 3.8) is 0 Å². The maximum Gasteiger partial charge on any atom is 0.296 e. The highest BCUT2D eigenvalue weighted by molar-refractivity contribution is 6.51. The molecule has 0 fully saturated rings. The zero-order valence-corrected chi connectivity index (χ0v) is 7.64. The van der Waals surface area contributed by atoms with Crippen molar-refractivity contribution in [3.8, 4) is 0 Å². The fourth-order valence-corrected chi connectivity index (χ4v) is 1.59. The van der Waals surface area contributed by atoms with Gasteiger partial charge in [-0.25, -0.2) is 8.78 Å². The molecule has 0 spiro atoms. The fraction of sp³-hybridized carbons (Fsp3) is 0.200. The van der Waals surface area contributed by atoms with Gasteiger partial charge >= 0.3 is 0 Å². The molecule has 1 heterocycles. The van der Waals surface area contributed by atoms with E-state index in [0.717, 1.165) is 0 Å². The molecule has 0 saturated heterocycles. The van der Waals surface area contributed by atoms with Gasteiger partial charge in [0.25, 0.3) is 11.7 Å². The quantitative estimate of drug-likeness (QED) is 0.757. The first-order valence-electron chi connectivity index (χ1n) is 4.31. The van der Waals surface area contributed by atoms with Crippen LogP contribution in [0.5, 0.6) is 0 Å². The van der Waals surface area contributed by atoms with E-state index in [9.17, 15) is 18.4 Å². The Kier molecular flexibility index (Phi) is 2.22. The third-order valence-electron chi connectivity index (χ3n) is 2.38. The highest BCUT2D eigenvalue weighted by Gasteiger charge is 2.30. The molecule has 0 aromatic heterocycles. The molecule has 1 amide bonds. The van der Waals surface area contributed by atoms with Gasteiger partial charge in [0, 0.05) is 5.56 Å². The van der Waals surface area contributed by atoms with Gasteiger partial charge in [0.05, 0.1) is 11.3 Å². The Bertz CT molecular complexity index is 457. The van der Waals surface area contributed by atoms with E-state index in [4.69, 9.17) is 0 Å². The zero-order valence-electron chi connectivity index (χ0n) is 7.64. The molecule has 1 aliphatic rings. The molecule has 0 unspecified atom stereocenters. The van der Waals surface area contributed by atoms with Crippen molar-refractivity contribution in [2.45, 2.75) is 13.3 Å². The standard InChI is InChI=1S/C10H7F2NO2/c11-3-5-1-2-6-8(7(5)4-12)13-10(15)9(6)14/h1-2H,3-4H2,(H,13,14,15). The van der Waals surface area contributed by atoms with E-state index in [-0.39, 0.29) is 22.4 Å². The van der Waals surface area contributed by atoms with E-state index in [0.29, 0.717) is 0 Å². The summed E-state index contributed by atoms with van der Waals surface area (Å²) < 4.78 is 25.1. The Hall–Kier alpha value is -1.78. The van der Waals surface area contributed by atoms with E-state index >= 15 is 0 Å². The van der Waals surface area contributed by atoms with E-state index < -0.39 is 25.0 Å². The van der Waals surface area contributed by atoms with Crippen LogP contribution in [0.1, 0.15) is 21.5 Å². The first-order chi connectivity index (χ1) is 7.19. The molecule has 1 aromatic carbocycles. The average Bonchev–Trinajstić information content (AvgIpc) is 2.54. The molecule has 1 N–H and O–H groups in total. The number of Topliss-reactive ketones (excluding diaryl/α,β-unsaturated/α-hetero) is 1. The molecule has 0 bridgehead atoms. The lowest BCUT2D eigenvalue weighted by Gasteiger charge is -2.07. The van der Waals surface area contributed by atoms with Gasteiger partial charge in [0.1, 0.15) is 13.3 Å². The SMILES string of the molecule is O=C1Nc2c(ccc(CF)c2CF)C1=O. The van der Waals surface area contributed by atoms with Crippen molar-refractivity contribution in [1.29, 1.82) is 0 Å². The maximum absolute atomic E-state index is 12.7.